The molecule has 0 aliphatic carbocycles. The maximum atomic E-state index is 13.4. The molecule has 2 aromatic carbocycles. The van der Waals surface area contributed by atoms with Crippen molar-refractivity contribution in [2.24, 2.45) is 5.92 Å². The van der Waals surface area contributed by atoms with Crippen molar-refractivity contribution >= 4 is 23.5 Å². The van der Waals surface area contributed by atoms with Gasteiger partial charge in [-0.25, -0.2) is 4.79 Å². The minimum absolute atomic E-state index is 0.126. The van der Waals surface area contributed by atoms with Crippen LogP contribution in [0.2, 0.25) is 0 Å². The molecule has 9 nitrogen and oxygen atoms in total. The van der Waals surface area contributed by atoms with Crippen molar-refractivity contribution in [2.75, 3.05) is 26.2 Å². The van der Waals surface area contributed by atoms with Gasteiger partial charge in [0.2, 0.25) is 5.91 Å². The molecule has 1 amide bonds. The molecule has 0 saturated carbocycles. The first-order valence-electron chi connectivity index (χ1n) is 11.4. The summed E-state index contributed by atoms with van der Waals surface area (Å²) in [6.07, 6.45) is 1.78. The van der Waals surface area contributed by atoms with Crippen LogP contribution < -0.4 is 14.4 Å². The second kappa shape index (κ2) is 11.0. The molecule has 36 heavy (non-hydrogen) atoms. The van der Waals surface area contributed by atoms with Crippen molar-refractivity contribution in [3.8, 4) is 11.5 Å². The number of carbonyl (C=O) groups excluding carboxylic acids is 3. The Bertz CT molecular complexity index is 1230. The summed E-state index contributed by atoms with van der Waals surface area (Å²) in [5.74, 6) is -0.556. The Morgan fingerprint density at radius 2 is 1.75 bits per heavy atom. The van der Waals surface area contributed by atoms with Crippen LogP contribution in [0.5, 0.6) is 11.5 Å². The molecule has 1 fully saturated rings. The van der Waals surface area contributed by atoms with Crippen molar-refractivity contribution < 1.29 is 37.7 Å². The van der Waals surface area contributed by atoms with E-state index in [1.165, 1.54) is 19.4 Å². The lowest BCUT2D eigenvalue weighted by molar-refractivity contribution is -0.152. The van der Waals surface area contributed by atoms with Gasteiger partial charge in [0.05, 0.1) is 39.6 Å². The quantitative estimate of drug-likeness (QED) is 0.428. The number of amides is 1. The van der Waals surface area contributed by atoms with Crippen LogP contribution in [0.15, 0.2) is 65.3 Å². The highest BCUT2D eigenvalue weighted by molar-refractivity contribution is 5.97. The fourth-order valence-electron chi connectivity index (χ4n) is 4.44. The van der Waals surface area contributed by atoms with Crippen LogP contribution in [0.1, 0.15) is 40.6 Å². The van der Waals surface area contributed by atoms with Crippen LogP contribution >= 0.6 is 0 Å². The van der Waals surface area contributed by atoms with E-state index in [4.69, 9.17) is 23.4 Å². The second-order valence-corrected chi connectivity index (χ2v) is 8.15. The number of carbonyl (C=O) groups is 3. The lowest BCUT2D eigenvalue weighted by Gasteiger charge is -2.40. The van der Waals surface area contributed by atoms with E-state index in [-0.39, 0.29) is 36.7 Å². The number of methoxy groups -OCH3 is 3. The van der Waals surface area contributed by atoms with E-state index < -0.39 is 23.9 Å². The first kappa shape index (κ1) is 24.8. The summed E-state index contributed by atoms with van der Waals surface area (Å²) >= 11 is 0. The number of benzene rings is 2. The number of furan rings is 1. The highest BCUT2D eigenvalue weighted by atomic mass is 16.5. The van der Waals surface area contributed by atoms with Crippen LogP contribution in [-0.2, 0) is 25.7 Å². The topological polar surface area (TPSA) is 105 Å². The third-order valence-electron chi connectivity index (χ3n) is 6.20. The molecule has 1 aliphatic rings. The molecule has 1 aliphatic heterocycles. The number of ether oxygens (including phenoxy) is 4. The Morgan fingerprint density at radius 3 is 2.44 bits per heavy atom. The van der Waals surface area contributed by atoms with Gasteiger partial charge < -0.3 is 28.3 Å². The molecule has 2 heterocycles. The zero-order valence-corrected chi connectivity index (χ0v) is 20.3. The van der Waals surface area contributed by atoms with Crippen molar-refractivity contribution in [2.45, 2.75) is 25.5 Å². The van der Waals surface area contributed by atoms with Crippen molar-refractivity contribution in [3.63, 3.8) is 0 Å². The van der Waals surface area contributed by atoms with Gasteiger partial charge in [-0.1, -0.05) is 18.2 Å². The molecular formula is C27H27NO8. The van der Waals surface area contributed by atoms with E-state index in [0.29, 0.717) is 22.7 Å². The summed E-state index contributed by atoms with van der Waals surface area (Å²) in [6.45, 7) is -0.248. The monoisotopic (exact) mass is 493 g/mol. The average Bonchev–Trinajstić information content (AvgIpc) is 3.40. The Morgan fingerprint density at radius 1 is 1.00 bits per heavy atom. The van der Waals surface area contributed by atoms with Crippen LogP contribution in [0.3, 0.4) is 0 Å². The molecule has 1 saturated heterocycles. The number of esters is 2. The zero-order valence-electron chi connectivity index (χ0n) is 20.3. The van der Waals surface area contributed by atoms with Gasteiger partial charge >= 0.3 is 11.9 Å². The first-order valence-corrected chi connectivity index (χ1v) is 11.4. The summed E-state index contributed by atoms with van der Waals surface area (Å²) in [7, 11) is 4.37. The van der Waals surface area contributed by atoms with Gasteiger partial charge in [0, 0.05) is 17.7 Å². The molecule has 0 bridgehead atoms. The molecule has 4 rings (SSSR count). The van der Waals surface area contributed by atoms with E-state index in [1.54, 1.807) is 49.5 Å². The molecule has 0 spiro atoms. The van der Waals surface area contributed by atoms with Crippen molar-refractivity contribution in [1.29, 1.82) is 0 Å². The Balaban J connectivity index is 1.68. The lowest BCUT2D eigenvalue weighted by Crippen LogP contribution is -2.46. The first-order chi connectivity index (χ1) is 17.5. The van der Waals surface area contributed by atoms with Gasteiger partial charge in [-0.15, -0.1) is 0 Å². The molecule has 188 valence electrons. The lowest BCUT2D eigenvalue weighted by atomic mass is 9.83. The summed E-state index contributed by atoms with van der Waals surface area (Å²) in [5, 5.41) is 0. The van der Waals surface area contributed by atoms with Crippen LogP contribution in [-0.4, -0.2) is 39.2 Å². The third-order valence-corrected chi connectivity index (χ3v) is 6.20. The van der Waals surface area contributed by atoms with Gasteiger partial charge in [-0.3, -0.25) is 9.59 Å². The summed E-state index contributed by atoms with van der Waals surface area (Å²) in [4.78, 5) is 40.2. The number of hydrogen-bond donors (Lipinski definition) is 0. The second-order valence-electron chi connectivity index (χ2n) is 8.15. The predicted molar refractivity (Wildman–Crippen MR) is 129 cm³/mol. The van der Waals surface area contributed by atoms with E-state index >= 15 is 0 Å². The van der Waals surface area contributed by atoms with E-state index in [2.05, 4.69) is 0 Å². The normalized spacial score (nSPS) is 17.4. The largest absolute Gasteiger partial charge is 0.497 e. The van der Waals surface area contributed by atoms with Gasteiger partial charge in [-0.2, -0.15) is 0 Å². The molecule has 0 N–H and O–H groups in total. The summed E-state index contributed by atoms with van der Waals surface area (Å²) in [5.41, 5.74) is 1.48. The highest BCUT2D eigenvalue weighted by Crippen LogP contribution is 2.43. The van der Waals surface area contributed by atoms with Crippen LogP contribution in [0, 0.1) is 5.92 Å². The Labute approximate surface area is 208 Å². The minimum Gasteiger partial charge on any atom is -0.497 e. The van der Waals surface area contributed by atoms with Crippen molar-refractivity contribution in [1.82, 2.24) is 0 Å². The Kier molecular flexibility index (Phi) is 7.58. The molecular weight excluding hydrogens is 466 g/mol. The van der Waals surface area contributed by atoms with Crippen molar-refractivity contribution in [3.05, 3.63) is 77.7 Å². The van der Waals surface area contributed by atoms with E-state index in [0.717, 1.165) is 0 Å². The fourth-order valence-corrected chi connectivity index (χ4v) is 4.44. The van der Waals surface area contributed by atoms with Crippen LogP contribution in [0.25, 0.3) is 0 Å². The Hall–Kier alpha value is -4.27. The number of rotatable bonds is 8. The standard InChI is InChI=1S/C27H27NO8/c1-32-18-10-8-17(9-11-18)28-24(29)13-12-21(25(28)19-6-4-5-7-22(19)33-2)27(31)36-16-23-20(14-15-35-23)26(30)34-3/h4-11,14-15,21,25H,12-13,16H2,1-3H3/t21-,25-/m1/s1. The number of nitrogens with zero attached hydrogens (tertiary/aromatic N) is 1. The summed E-state index contributed by atoms with van der Waals surface area (Å²) < 4.78 is 26.5. The van der Waals surface area contributed by atoms with E-state index in [1.807, 2.05) is 18.2 Å². The molecule has 9 heteroatoms. The van der Waals surface area contributed by atoms with E-state index in [9.17, 15) is 14.4 Å². The van der Waals surface area contributed by atoms with Crippen LogP contribution in [0.4, 0.5) is 5.69 Å². The molecule has 2 atom stereocenters. The number of para-hydroxylation sites is 1. The summed E-state index contributed by atoms with van der Waals surface area (Å²) in [6, 6.07) is 15.1. The third kappa shape index (κ3) is 4.91. The maximum absolute atomic E-state index is 13.4. The number of anilines is 1. The van der Waals surface area contributed by atoms with Gasteiger partial charge in [-0.05, 0) is 42.8 Å². The molecule has 0 unspecified atom stereocenters. The zero-order chi connectivity index (χ0) is 25.7. The molecule has 0 radical (unpaired) electrons. The maximum Gasteiger partial charge on any atom is 0.341 e. The molecule has 3 aromatic rings. The fraction of sp³-hybridized carbons (Fsp3) is 0.296. The van der Waals surface area contributed by atoms with Gasteiger partial charge in [0.15, 0.2) is 5.76 Å². The van der Waals surface area contributed by atoms with Gasteiger partial charge in [0.25, 0.3) is 0 Å². The average molecular weight is 494 g/mol. The number of piperidine rings is 1. The predicted octanol–water partition coefficient (Wildman–Crippen LogP) is 4.31. The minimum atomic E-state index is -0.697. The van der Waals surface area contributed by atoms with Gasteiger partial charge in [0.1, 0.15) is 23.7 Å². The smallest absolute Gasteiger partial charge is 0.341 e. The number of hydrogen-bond acceptors (Lipinski definition) is 8. The highest BCUT2D eigenvalue weighted by Gasteiger charge is 2.43. The SMILES string of the molecule is COC(=O)c1ccoc1COC(=O)[C@@H]1CCC(=O)N(c2ccc(OC)cc2)[C@@H]1c1ccccc1OC. The molecule has 1 aromatic heterocycles.